The van der Waals surface area contributed by atoms with Crippen LogP contribution < -0.4 is 5.32 Å². The summed E-state index contributed by atoms with van der Waals surface area (Å²) in [7, 11) is 0. The molecule has 0 aliphatic carbocycles. The molecule has 0 saturated heterocycles. The van der Waals surface area contributed by atoms with Crippen LogP contribution >= 0.6 is 0 Å². The lowest BCUT2D eigenvalue weighted by Crippen LogP contribution is -2.42. The van der Waals surface area contributed by atoms with Crippen LogP contribution in [0.3, 0.4) is 0 Å². The van der Waals surface area contributed by atoms with Crippen LogP contribution in [0.25, 0.3) is 0 Å². The predicted octanol–water partition coefficient (Wildman–Crippen LogP) is 2.52. The minimum absolute atomic E-state index is 0.00943. The molecule has 8 heteroatoms. The molecular formula is C17H16N2O6. The van der Waals surface area contributed by atoms with Crippen LogP contribution in [0, 0.1) is 10.1 Å². The number of benzene rings is 2. The van der Waals surface area contributed by atoms with Gasteiger partial charge in [0.05, 0.1) is 4.92 Å². The molecule has 0 heterocycles. The van der Waals surface area contributed by atoms with Crippen LogP contribution in [0.4, 0.5) is 10.5 Å². The van der Waals surface area contributed by atoms with Gasteiger partial charge in [-0.1, -0.05) is 48.5 Å². The van der Waals surface area contributed by atoms with E-state index in [4.69, 9.17) is 4.74 Å². The number of amides is 1. The minimum Gasteiger partial charge on any atom is -0.480 e. The van der Waals surface area contributed by atoms with Crippen molar-refractivity contribution < 1.29 is 24.4 Å². The van der Waals surface area contributed by atoms with Crippen molar-refractivity contribution >= 4 is 17.7 Å². The van der Waals surface area contributed by atoms with E-state index in [1.54, 1.807) is 30.3 Å². The topological polar surface area (TPSA) is 119 Å². The lowest BCUT2D eigenvalue weighted by Gasteiger charge is -2.14. The third-order valence-corrected chi connectivity index (χ3v) is 3.42. The van der Waals surface area contributed by atoms with Crippen LogP contribution in [0.5, 0.6) is 0 Å². The van der Waals surface area contributed by atoms with E-state index in [0.29, 0.717) is 0 Å². The van der Waals surface area contributed by atoms with Gasteiger partial charge in [0.1, 0.15) is 12.6 Å². The Labute approximate surface area is 143 Å². The number of carbonyl (C=O) groups is 2. The maximum absolute atomic E-state index is 11.8. The second kappa shape index (κ2) is 8.44. The fourth-order valence-corrected chi connectivity index (χ4v) is 2.19. The maximum atomic E-state index is 11.8. The average molecular weight is 344 g/mol. The number of alkyl carbamates (subject to hydrolysis) is 1. The fraction of sp³-hybridized carbons (Fsp3) is 0.176. The Morgan fingerprint density at radius 3 is 2.40 bits per heavy atom. The molecule has 0 saturated carbocycles. The van der Waals surface area contributed by atoms with Gasteiger partial charge in [0, 0.05) is 18.1 Å². The Balaban J connectivity index is 2.00. The molecule has 25 heavy (non-hydrogen) atoms. The third kappa shape index (κ3) is 5.31. The van der Waals surface area contributed by atoms with E-state index in [9.17, 15) is 24.8 Å². The summed E-state index contributed by atoms with van der Waals surface area (Å²) in [5.41, 5.74) is 0.764. The van der Waals surface area contributed by atoms with E-state index in [0.717, 1.165) is 5.56 Å². The van der Waals surface area contributed by atoms with Crippen LogP contribution in [0.1, 0.15) is 11.1 Å². The number of nitro groups is 1. The van der Waals surface area contributed by atoms with Crippen LogP contribution in [-0.4, -0.2) is 28.1 Å². The molecule has 1 atom stereocenters. The highest BCUT2D eigenvalue weighted by Gasteiger charge is 2.24. The SMILES string of the molecule is O=C(N[C@H](Cc1ccccc1[N+](=O)[O-])C(=O)O)OCc1ccccc1. The Bertz CT molecular complexity index is 763. The van der Waals surface area contributed by atoms with Gasteiger partial charge in [0.2, 0.25) is 0 Å². The second-order valence-electron chi connectivity index (χ2n) is 5.19. The Morgan fingerprint density at radius 2 is 1.76 bits per heavy atom. The van der Waals surface area contributed by atoms with Gasteiger partial charge in [-0.05, 0) is 5.56 Å². The van der Waals surface area contributed by atoms with Crippen LogP contribution in [0.15, 0.2) is 54.6 Å². The second-order valence-corrected chi connectivity index (χ2v) is 5.19. The number of carbonyl (C=O) groups excluding carboxylic acids is 1. The van der Waals surface area contributed by atoms with Gasteiger partial charge in [0.15, 0.2) is 0 Å². The van der Waals surface area contributed by atoms with Gasteiger partial charge in [-0.3, -0.25) is 10.1 Å². The van der Waals surface area contributed by atoms with Gasteiger partial charge < -0.3 is 15.2 Å². The first-order chi connectivity index (χ1) is 12.0. The molecule has 0 bridgehead atoms. The highest BCUT2D eigenvalue weighted by Crippen LogP contribution is 2.19. The van der Waals surface area contributed by atoms with Crippen LogP contribution in [0.2, 0.25) is 0 Å². The maximum Gasteiger partial charge on any atom is 0.408 e. The Morgan fingerprint density at radius 1 is 1.12 bits per heavy atom. The first-order valence-corrected chi connectivity index (χ1v) is 7.39. The molecule has 2 N–H and O–H groups in total. The summed E-state index contributed by atoms with van der Waals surface area (Å²) in [5, 5.41) is 22.5. The zero-order valence-corrected chi connectivity index (χ0v) is 13.1. The van der Waals surface area contributed by atoms with E-state index in [2.05, 4.69) is 5.32 Å². The van der Waals surface area contributed by atoms with E-state index in [1.165, 1.54) is 18.2 Å². The van der Waals surface area contributed by atoms with E-state index in [-0.39, 0.29) is 24.3 Å². The number of rotatable bonds is 7. The lowest BCUT2D eigenvalue weighted by atomic mass is 10.0. The highest BCUT2D eigenvalue weighted by atomic mass is 16.6. The number of carboxylic acid groups (broad SMARTS) is 1. The summed E-state index contributed by atoms with van der Waals surface area (Å²) in [5.74, 6) is -1.31. The van der Waals surface area contributed by atoms with Crippen molar-refractivity contribution in [2.24, 2.45) is 0 Å². The van der Waals surface area contributed by atoms with Crippen molar-refractivity contribution in [1.29, 1.82) is 0 Å². The number of ether oxygens (including phenoxy) is 1. The number of carboxylic acids is 1. The highest BCUT2D eigenvalue weighted by molar-refractivity contribution is 5.80. The molecule has 2 aromatic carbocycles. The first kappa shape index (κ1) is 17.9. The summed E-state index contributed by atoms with van der Waals surface area (Å²) >= 11 is 0. The molecule has 0 fully saturated rings. The van der Waals surface area contributed by atoms with Crippen molar-refractivity contribution in [3.05, 3.63) is 75.8 Å². The van der Waals surface area contributed by atoms with Crippen molar-refractivity contribution in [3.8, 4) is 0 Å². The molecule has 0 spiro atoms. The molecule has 8 nitrogen and oxygen atoms in total. The van der Waals surface area contributed by atoms with Gasteiger partial charge in [0.25, 0.3) is 5.69 Å². The van der Waals surface area contributed by atoms with Gasteiger partial charge in [-0.25, -0.2) is 9.59 Å². The number of nitro benzene ring substituents is 1. The molecule has 0 unspecified atom stereocenters. The van der Waals surface area contributed by atoms with Crippen LogP contribution in [-0.2, 0) is 22.6 Å². The van der Waals surface area contributed by atoms with Gasteiger partial charge in [-0.15, -0.1) is 0 Å². The number of para-hydroxylation sites is 1. The number of aliphatic carboxylic acids is 1. The van der Waals surface area contributed by atoms with Gasteiger partial charge in [-0.2, -0.15) is 0 Å². The molecule has 2 rings (SSSR count). The molecule has 0 aromatic heterocycles. The lowest BCUT2D eigenvalue weighted by molar-refractivity contribution is -0.385. The molecule has 1 amide bonds. The zero-order chi connectivity index (χ0) is 18.2. The average Bonchev–Trinajstić information content (AvgIpc) is 2.60. The molecule has 0 aliphatic heterocycles. The zero-order valence-electron chi connectivity index (χ0n) is 13.1. The number of hydrogen-bond donors (Lipinski definition) is 2. The normalized spacial score (nSPS) is 11.4. The number of nitrogens with zero attached hydrogens (tertiary/aromatic N) is 1. The molecular weight excluding hydrogens is 328 g/mol. The summed E-state index contributed by atoms with van der Waals surface area (Å²) in [6, 6.07) is 13.3. The summed E-state index contributed by atoms with van der Waals surface area (Å²) in [4.78, 5) is 33.6. The molecule has 0 aliphatic rings. The molecule has 2 aromatic rings. The summed E-state index contributed by atoms with van der Waals surface area (Å²) in [6.45, 7) is -0.00943. The monoisotopic (exact) mass is 344 g/mol. The largest absolute Gasteiger partial charge is 0.480 e. The summed E-state index contributed by atoms with van der Waals surface area (Å²) in [6.07, 6.45) is -1.14. The quantitative estimate of drug-likeness (QED) is 0.588. The molecule has 0 radical (unpaired) electrons. The standard InChI is InChI=1S/C17H16N2O6/c20-16(21)14(10-13-8-4-5-9-15(13)19(23)24)18-17(22)25-11-12-6-2-1-3-7-12/h1-9,14H,10-11H2,(H,18,22)(H,20,21)/t14-/m1/s1. The minimum atomic E-state index is -1.34. The Hall–Kier alpha value is -3.42. The summed E-state index contributed by atoms with van der Waals surface area (Å²) < 4.78 is 4.98. The van der Waals surface area contributed by atoms with E-state index in [1.807, 2.05) is 6.07 Å². The molecule has 130 valence electrons. The number of nitrogens with one attached hydrogen (secondary N) is 1. The Kier molecular flexibility index (Phi) is 6.05. The smallest absolute Gasteiger partial charge is 0.408 e. The van der Waals surface area contributed by atoms with Crippen molar-refractivity contribution in [2.75, 3.05) is 0 Å². The number of hydrogen-bond acceptors (Lipinski definition) is 5. The van der Waals surface area contributed by atoms with Gasteiger partial charge >= 0.3 is 12.1 Å². The van der Waals surface area contributed by atoms with E-state index >= 15 is 0 Å². The third-order valence-electron chi connectivity index (χ3n) is 3.42. The van der Waals surface area contributed by atoms with E-state index < -0.39 is 23.0 Å². The first-order valence-electron chi connectivity index (χ1n) is 7.39. The predicted molar refractivity (Wildman–Crippen MR) is 88.0 cm³/mol. The fourth-order valence-electron chi connectivity index (χ4n) is 2.19. The van der Waals surface area contributed by atoms with Crippen molar-refractivity contribution in [3.63, 3.8) is 0 Å². The van der Waals surface area contributed by atoms with Crippen molar-refractivity contribution in [2.45, 2.75) is 19.1 Å². The van der Waals surface area contributed by atoms with Crippen molar-refractivity contribution in [1.82, 2.24) is 5.32 Å².